The molecule has 40 heavy (non-hydrogen) atoms. The Kier molecular flexibility index (Phi) is 11.4. The van der Waals surface area contributed by atoms with Crippen LogP contribution in [0.2, 0.25) is 0 Å². The summed E-state index contributed by atoms with van der Waals surface area (Å²) in [6, 6.07) is 6.35. The maximum Gasteiger partial charge on any atom is 0.573 e. The molecule has 1 spiro atoms. The number of benzene rings is 1. The zero-order chi connectivity index (χ0) is 29.3. The van der Waals surface area contributed by atoms with Crippen molar-refractivity contribution in [1.82, 2.24) is 5.01 Å². The molecular weight excluding hydrogens is 513 g/mol. The van der Waals surface area contributed by atoms with E-state index >= 15 is 0 Å². The Morgan fingerprint density at radius 3 is 2.20 bits per heavy atom. The van der Waals surface area contributed by atoms with Crippen molar-refractivity contribution in [1.29, 1.82) is 0 Å². The summed E-state index contributed by atoms with van der Waals surface area (Å²) < 4.78 is 42.0. The monoisotopic (exact) mass is 560 g/mol. The number of nitrogens with zero attached hydrogens (tertiary/aromatic N) is 3. The van der Waals surface area contributed by atoms with Crippen LogP contribution in [-0.2, 0) is 0 Å². The van der Waals surface area contributed by atoms with Crippen LogP contribution < -0.4 is 10.5 Å². The van der Waals surface area contributed by atoms with Crippen LogP contribution >= 0.6 is 0 Å². The van der Waals surface area contributed by atoms with E-state index in [4.69, 9.17) is 10.8 Å². The van der Waals surface area contributed by atoms with Crippen molar-refractivity contribution in [2.24, 2.45) is 21.2 Å². The molecule has 2 fully saturated rings. The number of halogens is 3. The first kappa shape index (κ1) is 31.9. The van der Waals surface area contributed by atoms with E-state index in [1.807, 2.05) is 6.92 Å². The molecule has 2 N–H and O–H groups in total. The zero-order valence-electron chi connectivity index (χ0n) is 24.7. The molecule has 3 aliphatic carbocycles. The van der Waals surface area contributed by atoms with Crippen molar-refractivity contribution in [3.63, 3.8) is 0 Å². The second kappa shape index (κ2) is 14.3. The molecule has 5 rings (SSSR count). The molecule has 0 unspecified atom stereocenters. The van der Waals surface area contributed by atoms with Gasteiger partial charge in [0.25, 0.3) is 0 Å². The normalized spacial score (nSPS) is 21.2. The highest BCUT2D eigenvalue weighted by Crippen LogP contribution is 2.52. The molecule has 2 saturated carbocycles. The summed E-state index contributed by atoms with van der Waals surface area (Å²) in [5.41, 5.74) is 10.8. The number of ether oxygens (including phenoxy) is 1. The Morgan fingerprint density at radius 2 is 1.70 bits per heavy atom. The number of amidine groups is 1. The van der Waals surface area contributed by atoms with E-state index in [0.29, 0.717) is 22.9 Å². The van der Waals surface area contributed by atoms with Gasteiger partial charge in [0.05, 0.1) is 11.4 Å². The summed E-state index contributed by atoms with van der Waals surface area (Å²) in [4.78, 5) is 4.34. The number of rotatable bonds is 2. The second-order valence-corrected chi connectivity index (χ2v) is 11.5. The molecule has 0 radical (unpaired) electrons. The van der Waals surface area contributed by atoms with Gasteiger partial charge in [0, 0.05) is 18.7 Å². The Bertz CT molecular complexity index is 1100. The van der Waals surface area contributed by atoms with E-state index in [9.17, 15) is 13.2 Å². The first-order valence-electron chi connectivity index (χ1n) is 14.9. The van der Waals surface area contributed by atoms with Crippen LogP contribution in [0, 0.1) is 5.41 Å². The van der Waals surface area contributed by atoms with E-state index in [1.165, 1.54) is 93.6 Å². The highest BCUT2D eigenvalue weighted by atomic mass is 19.4. The summed E-state index contributed by atoms with van der Waals surface area (Å²) in [5, 5.41) is 6.40. The Morgan fingerprint density at radius 1 is 1.07 bits per heavy atom. The summed E-state index contributed by atoms with van der Waals surface area (Å²) in [6.45, 7) is 10.5. The van der Waals surface area contributed by atoms with Crippen molar-refractivity contribution in [3.05, 3.63) is 53.3 Å². The van der Waals surface area contributed by atoms with E-state index in [2.05, 4.69) is 30.2 Å². The van der Waals surface area contributed by atoms with Crippen LogP contribution in [0.1, 0.15) is 110 Å². The van der Waals surface area contributed by atoms with Gasteiger partial charge in [0.2, 0.25) is 0 Å². The fourth-order valence-electron chi connectivity index (χ4n) is 5.99. The van der Waals surface area contributed by atoms with Crippen LogP contribution in [0.15, 0.2) is 57.8 Å². The van der Waals surface area contributed by atoms with Crippen LogP contribution in [-0.4, -0.2) is 36.0 Å². The number of alkyl halides is 3. The average Bonchev–Trinajstić information content (AvgIpc) is 3.09. The van der Waals surface area contributed by atoms with Crippen LogP contribution in [0.3, 0.4) is 0 Å². The molecule has 5 nitrogen and oxygen atoms in total. The van der Waals surface area contributed by atoms with Gasteiger partial charge >= 0.3 is 6.36 Å². The summed E-state index contributed by atoms with van der Waals surface area (Å²) in [7, 11) is 1.60. The molecular formula is C32H47F3N4O. The Balaban J connectivity index is 0.000000374. The number of allylic oxidation sites excluding steroid dienone is 2. The van der Waals surface area contributed by atoms with Crippen molar-refractivity contribution < 1.29 is 17.9 Å². The van der Waals surface area contributed by atoms with E-state index in [0.717, 1.165) is 30.7 Å². The fourth-order valence-corrected chi connectivity index (χ4v) is 5.99. The predicted molar refractivity (Wildman–Crippen MR) is 158 cm³/mol. The van der Waals surface area contributed by atoms with Gasteiger partial charge in [-0.2, -0.15) is 5.10 Å². The quantitative estimate of drug-likeness (QED) is 0.290. The van der Waals surface area contributed by atoms with Gasteiger partial charge in [-0.25, -0.2) is 5.01 Å². The molecule has 1 aromatic rings. The highest BCUT2D eigenvalue weighted by molar-refractivity contribution is 6.06. The zero-order valence-corrected chi connectivity index (χ0v) is 24.7. The van der Waals surface area contributed by atoms with Gasteiger partial charge in [-0.1, -0.05) is 64.7 Å². The van der Waals surface area contributed by atoms with Crippen LogP contribution in [0.5, 0.6) is 5.75 Å². The number of nitrogens with two attached hydrogens (primary N) is 1. The van der Waals surface area contributed by atoms with E-state index in [-0.39, 0.29) is 5.75 Å². The number of hydrazone groups is 1. The lowest BCUT2D eigenvalue weighted by atomic mass is 9.64. The Hall–Kier alpha value is -2.61. The lowest BCUT2D eigenvalue weighted by molar-refractivity contribution is -0.274. The summed E-state index contributed by atoms with van der Waals surface area (Å²) >= 11 is 0. The smallest absolute Gasteiger partial charge is 0.406 e. The molecule has 0 amide bonds. The predicted octanol–water partition coefficient (Wildman–Crippen LogP) is 8.90. The summed E-state index contributed by atoms with van der Waals surface area (Å²) in [5.74, 6) is 0.159. The molecule has 1 aromatic carbocycles. The maximum absolute atomic E-state index is 12.6. The average molecular weight is 561 g/mol. The van der Waals surface area contributed by atoms with E-state index in [1.54, 1.807) is 18.1 Å². The number of hydrogen-bond acceptors (Lipinski definition) is 4. The lowest BCUT2D eigenvalue weighted by Gasteiger charge is -2.41. The van der Waals surface area contributed by atoms with Gasteiger partial charge in [-0.15, -0.1) is 13.2 Å². The first-order valence-corrected chi connectivity index (χ1v) is 14.9. The summed E-state index contributed by atoms with van der Waals surface area (Å²) in [6.07, 6.45) is 11.4. The van der Waals surface area contributed by atoms with Gasteiger partial charge in [-0.3, -0.25) is 4.99 Å². The van der Waals surface area contributed by atoms with Gasteiger partial charge in [0.15, 0.2) is 5.84 Å². The van der Waals surface area contributed by atoms with Crippen molar-refractivity contribution in [3.8, 4) is 5.75 Å². The third-order valence-corrected chi connectivity index (χ3v) is 8.27. The van der Waals surface area contributed by atoms with Crippen LogP contribution in [0.25, 0.3) is 0 Å². The SMILES string of the molecule is C=C1C2=C(CCC3(CCC3)CC2)C(C)=NN1C(=NC)c1cccc(OC(F)(F)F)c1.CCC.NC1CCCCC1. The standard InChI is InChI=1S/C23H26F3N3O.C6H13N.C3H8/c1-15-19-8-12-22(10-5-11-22)13-9-20(19)16(2)29(28-15)21(27-3)17-6-4-7-18(14-17)30-23(24,25)26;7-6-4-2-1-3-5-6;1-3-2/h4,6-7,14H,2,5,8-13H2,1,3H3;6H,1-5,7H2;3H2,1-2H3. The van der Waals surface area contributed by atoms with Crippen molar-refractivity contribution in [2.45, 2.75) is 117 Å². The minimum Gasteiger partial charge on any atom is -0.406 e. The molecule has 4 aliphatic rings. The molecule has 0 atom stereocenters. The van der Waals surface area contributed by atoms with Crippen LogP contribution in [0.4, 0.5) is 13.2 Å². The van der Waals surface area contributed by atoms with Crippen molar-refractivity contribution >= 4 is 11.5 Å². The first-order chi connectivity index (χ1) is 19.0. The number of aliphatic imine (C=N–C) groups is 1. The lowest BCUT2D eigenvalue weighted by Crippen LogP contribution is -2.32. The molecule has 0 bridgehead atoms. The molecule has 222 valence electrons. The third kappa shape index (κ3) is 8.45. The second-order valence-electron chi connectivity index (χ2n) is 11.5. The Labute approximate surface area is 238 Å². The molecule has 0 saturated heterocycles. The van der Waals surface area contributed by atoms with Crippen molar-refractivity contribution in [2.75, 3.05) is 7.05 Å². The minimum atomic E-state index is -4.75. The molecule has 0 aromatic heterocycles. The van der Waals surface area contributed by atoms with Gasteiger partial charge < -0.3 is 10.5 Å². The highest BCUT2D eigenvalue weighted by Gasteiger charge is 2.40. The molecule has 8 heteroatoms. The largest absolute Gasteiger partial charge is 0.573 e. The maximum atomic E-state index is 12.6. The van der Waals surface area contributed by atoms with Gasteiger partial charge in [0.1, 0.15) is 5.75 Å². The molecule has 1 heterocycles. The van der Waals surface area contributed by atoms with E-state index < -0.39 is 6.36 Å². The minimum absolute atomic E-state index is 0.286. The van der Waals surface area contributed by atoms with Gasteiger partial charge in [-0.05, 0) is 87.0 Å². The fraction of sp³-hybridized carbons (Fsp3) is 0.625. The topological polar surface area (TPSA) is 63.2 Å². The third-order valence-electron chi connectivity index (χ3n) is 8.27. The number of hydrogen-bond donors (Lipinski definition) is 1. The molecule has 1 aliphatic heterocycles.